The first kappa shape index (κ1) is 47.7. The summed E-state index contributed by atoms with van der Waals surface area (Å²) in [4.78, 5) is 124. The van der Waals surface area contributed by atoms with Crippen LogP contribution in [0.25, 0.3) is 0 Å². The number of nitrogens with one attached hydrogen (secondary N) is 7. The van der Waals surface area contributed by atoms with Crippen LogP contribution in [0.4, 0.5) is 0 Å². The zero-order valence-electron chi connectivity index (χ0n) is 32.2. The molecule has 0 radical (unpaired) electrons. The lowest BCUT2D eigenvalue weighted by atomic mass is 10.0. The summed E-state index contributed by atoms with van der Waals surface area (Å²) in [7, 11) is 0. The minimum absolute atomic E-state index is 0.00741. The Hall–Kier alpha value is -6.34. The molecule has 20 heteroatoms. The third kappa shape index (κ3) is 18.1. The molecule has 308 valence electrons. The third-order valence-corrected chi connectivity index (χ3v) is 7.88. The van der Waals surface area contributed by atoms with Crippen LogP contribution in [-0.2, 0) is 54.4 Å². The number of carboxylic acid groups (broad SMARTS) is 1. The van der Waals surface area contributed by atoms with E-state index in [1.165, 1.54) is 13.8 Å². The zero-order chi connectivity index (χ0) is 42.7. The standard InChI is InChI=1S/C36H53N9O11/c1-18(2)14-23(34(53)41-21(6)33(52)45-30(19(3)4)31(38)50)44-35(54)24(16-26(37)46)42-28(48)13-12-27(47)40-20(5)32(51)39-17-29(49)43-25(36(55)56)15-22-10-8-7-9-11-22/h7-13,18-21,23-25,30H,14-17H2,1-6H3,(H2,37,46)(H2,38,50)(H,39,51)(H,40,47)(H,41,53)(H,42,48)(H,43,49)(H,44,54)(H,45,52)(H,55,56)/b13-12+/t20-,21-,23-,24-,25-,30-/m0/s1. The van der Waals surface area contributed by atoms with Crippen LogP contribution in [0, 0.1) is 11.8 Å². The largest absolute Gasteiger partial charge is 0.480 e. The van der Waals surface area contributed by atoms with Crippen LogP contribution in [0.3, 0.4) is 0 Å². The second-order valence-electron chi connectivity index (χ2n) is 13.7. The minimum Gasteiger partial charge on any atom is -0.480 e. The second kappa shape index (κ2) is 23.4. The molecule has 0 fully saturated rings. The highest BCUT2D eigenvalue weighted by Crippen LogP contribution is 2.08. The van der Waals surface area contributed by atoms with Crippen LogP contribution in [0.2, 0.25) is 0 Å². The van der Waals surface area contributed by atoms with Gasteiger partial charge in [0.2, 0.25) is 53.2 Å². The molecule has 0 bridgehead atoms. The Kier molecular flexibility index (Phi) is 20.0. The summed E-state index contributed by atoms with van der Waals surface area (Å²) in [6, 6.07) is 1.13. The van der Waals surface area contributed by atoms with E-state index in [2.05, 4.69) is 37.2 Å². The van der Waals surface area contributed by atoms with E-state index in [1.54, 1.807) is 58.0 Å². The van der Waals surface area contributed by atoms with Crippen LogP contribution < -0.4 is 48.7 Å². The lowest BCUT2D eigenvalue weighted by Crippen LogP contribution is -2.58. The van der Waals surface area contributed by atoms with Crippen LogP contribution >= 0.6 is 0 Å². The Balaban J connectivity index is 2.81. The summed E-state index contributed by atoms with van der Waals surface area (Å²) in [5.74, 6) is -9.53. The molecule has 0 aliphatic rings. The summed E-state index contributed by atoms with van der Waals surface area (Å²) in [5.41, 5.74) is 11.3. The number of primary amides is 2. The average Bonchev–Trinajstić information content (AvgIpc) is 3.10. The monoisotopic (exact) mass is 787 g/mol. The third-order valence-electron chi connectivity index (χ3n) is 7.88. The first-order valence-electron chi connectivity index (χ1n) is 17.7. The Labute approximate surface area is 324 Å². The fraction of sp³-hybridized carbons (Fsp3) is 0.500. The molecule has 20 nitrogen and oxygen atoms in total. The number of hydrogen-bond acceptors (Lipinski definition) is 10. The van der Waals surface area contributed by atoms with Gasteiger partial charge in [0.05, 0.1) is 13.0 Å². The molecule has 0 saturated carbocycles. The van der Waals surface area contributed by atoms with Gasteiger partial charge in [0.1, 0.15) is 36.3 Å². The van der Waals surface area contributed by atoms with Crippen molar-refractivity contribution in [2.75, 3.05) is 6.54 Å². The van der Waals surface area contributed by atoms with Crippen LogP contribution in [0.1, 0.15) is 59.9 Å². The van der Waals surface area contributed by atoms with Crippen molar-refractivity contribution in [2.45, 2.75) is 97.1 Å². The molecule has 6 atom stereocenters. The number of rotatable bonds is 23. The van der Waals surface area contributed by atoms with Gasteiger partial charge >= 0.3 is 5.97 Å². The van der Waals surface area contributed by atoms with Crippen molar-refractivity contribution in [3.05, 3.63) is 48.0 Å². The molecule has 1 aromatic carbocycles. The normalized spacial score (nSPS) is 14.2. The van der Waals surface area contributed by atoms with E-state index in [0.29, 0.717) is 11.6 Å². The molecule has 9 amide bonds. The van der Waals surface area contributed by atoms with E-state index >= 15 is 0 Å². The molecule has 56 heavy (non-hydrogen) atoms. The van der Waals surface area contributed by atoms with E-state index in [-0.39, 0.29) is 24.7 Å². The smallest absolute Gasteiger partial charge is 0.326 e. The summed E-state index contributed by atoms with van der Waals surface area (Å²) in [5, 5.41) is 25.9. The molecule has 1 rings (SSSR count). The number of benzene rings is 1. The Bertz CT molecular complexity index is 1630. The maximum atomic E-state index is 13.2. The Morgan fingerprint density at radius 1 is 0.643 bits per heavy atom. The zero-order valence-corrected chi connectivity index (χ0v) is 32.2. The van der Waals surface area contributed by atoms with E-state index in [1.807, 2.05) is 0 Å². The SMILES string of the molecule is CC(C)C[C@H](NC(=O)[C@H](CC(N)=O)NC(=O)/C=C/C(=O)N[C@@H](C)C(=O)NCC(=O)N[C@@H](Cc1ccccc1)C(=O)O)C(=O)N[C@@H](C)C(=O)N[C@H](C(N)=O)C(C)C. The van der Waals surface area contributed by atoms with Crippen molar-refractivity contribution in [1.29, 1.82) is 0 Å². The van der Waals surface area contributed by atoms with Crippen LogP contribution in [0.5, 0.6) is 0 Å². The molecule has 12 N–H and O–H groups in total. The summed E-state index contributed by atoms with van der Waals surface area (Å²) in [6.45, 7) is 8.90. The number of aliphatic carboxylic acids is 1. The van der Waals surface area contributed by atoms with Crippen molar-refractivity contribution in [3.63, 3.8) is 0 Å². The second-order valence-corrected chi connectivity index (χ2v) is 13.7. The highest BCUT2D eigenvalue weighted by molar-refractivity contribution is 6.01. The van der Waals surface area contributed by atoms with Gasteiger partial charge in [-0.3, -0.25) is 43.2 Å². The maximum absolute atomic E-state index is 13.2. The van der Waals surface area contributed by atoms with Crippen LogP contribution in [-0.4, -0.2) is 107 Å². The molecule has 0 unspecified atom stereocenters. The van der Waals surface area contributed by atoms with E-state index in [4.69, 9.17) is 11.5 Å². The minimum atomic E-state index is -1.59. The molecule has 0 heterocycles. The number of carboxylic acids is 1. The molecule has 0 aromatic heterocycles. The Morgan fingerprint density at radius 2 is 1.20 bits per heavy atom. The summed E-state index contributed by atoms with van der Waals surface area (Å²) < 4.78 is 0. The van der Waals surface area contributed by atoms with Gasteiger partial charge in [-0.2, -0.15) is 0 Å². The van der Waals surface area contributed by atoms with Gasteiger partial charge < -0.3 is 53.8 Å². The maximum Gasteiger partial charge on any atom is 0.326 e. The predicted octanol–water partition coefficient (Wildman–Crippen LogP) is -3.00. The van der Waals surface area contributed by atoms with E-state index < -0.39 is 108 Å². The fourth-order valence-corrected chi connectivity index (χ4v) is 4.92. The predicted molar refractivity (Wildman–Crippen MR) is 200 cm³/mol. The molecule has 0 aliphatic carbocycles. The molecular formula is C36H53N9O11. The lowest BCUT2D eigenvalue weighted by molar-refractivity contribution is -0.141. The molecule has 1 aromatic rings. The highest BCUT2D eigenvalue weighted by Gasteiger charge is 2.31. The number of carbonyl (C=O) groups is 10. The first-order valence-corrected chi connectivity index (χ1v) is 17.7. The Morgan fingerprint density at radius 3 is 1.71 bits per heavy atom. The fourth-order valence-electron chi connectivity index (χ4n) is 4.92. The summed E-state index contributed by atoms with van der Waals surface area (Å²) >= 11 is 0. The van der Waals surface area contributed by atoms with E-state index in [0.717, 1.165) is 6.08 Å². The van der Waals surface area contributed by atoms with Gasteiger partial charge in [0, 0.05) is 18.6 Å². The van der Waals surface area contributed by atoms with Crippen molar-refractivity contribution in [2.24, 2.45) is 23.3 Å². The van der Waals surface area contributed by atoms with Gasteiger partial charge in [-0.25, -0.2) is 4.79 Å². The van der Waals surface area contributed by atoms with Crippen molar-refractivity contribution >= 4 is 59.1 Å². The number of nitrogens with two attached hydrogens (primary N) is 2. The van der Waals surface area contributed by atoms with Crippen molar-refractivity contribution in [3.8, 4) is 0 Å². The quantitative estimate of drug-likeness (QED) is 0.0498. The first-order chi connectivity index (χ1) is 26.1. The average molecular weight is 788 g/mol. The van der Waals surface area contributed by atoms with Crippen molar-refractivity contribution < 1.29 is 53.1 Å². The van der Waals surface area contributed by atoms with Gasteiger partial charge in [0.15, 0.2) is 0 Å². The van der Waals surface area contributed by atoms with Crippen molar-refractivity contribution in [1.82, 2.24) is 37.2 Å². The van der Waals surface area contributed by atoms with Gasteiger partial charge in [-0.05, 0) is 37.7 Å². The van der Waals surface area contributed by atoms with Crippen LogP contribution in [0.15, 0.2) is 42.5 Å². The number of amides is 9. The summed E-state index contributed by atoms with van der Waals surface area (Å²) in [6.07, 6.45) is 0.832. The van der Waals surface area contributed by atoms with Gasteiger partial charge in [0.25, 0.3) is 0 Å². The lowest BCUT2D eigenvalue weighted by Gasteiger charge is -2.26. The number of hydrogen-bond donors (Lipinski definition) is 10. The molecule has 0 saturated heterocycles. The van der Waals surface area contributed by atoms with Gasteiger partial charge in [-0.1, -0.05) is 58.0 Å². The van der Waals surface area contributed by atoms with Gasteiger partial charge in [-0.15, -0.1) is 0 Å². The number of carbonyl (C=O) groups excluding carboxylic acids is 9. The molecule has 0 spiro atoms. The topological polar surface area (TPSA) is 327 Å². The van der Waals surface area contributed by atoms with E-state index in [9.17, 15) is 53.1 Å². The molecular weight excluding hydrogens is 734 g/mol. The molecule has 0 aliphatic heterocycles. The highest BCUT2D eigenvalue weighted by atomic mass is 16.4.